The summed E-state index contributed by atoms with van der Waals surface area (Å²) >= 11 is 6.11. The van der Waals surface area contributed by atoms with Gasteiger partial charge in [-0.05, 0) is 49.6 Å². The van der Waals surface area contributed by atoms with E-state index < -0.39 is 16.1 Å². The molecule has 1 saturated heterocycles. The molecular weight excluding hydrogens is 372 g/mol. The maximum Gasteiger partial charge on any atom is 0.243 e. The van der Waals surface area contributed by atoms with Gasteiger partial charge in [0.05, 0.1) is 4.90 Å². The molecule has 1 atom stereocenters. The molecule has 1 fully saturated rings. The van der Waals surface area contributed by atoms with E-state index in [-0.39, 0.29) is 10.8 Å². The number of nitrogens with one attached hydrogen (secondary N) is 1. The summed E-state index contributed by atoms with van der Waals surface area (Å²) < 4.78 is 27.3. The van der Waals surface area contributed by atoms with E-state index in [2.05, 4.69) is 5.32 Å². The molecule has 2 aromatic carbocycles. The number of piperidine rings is 1. The smallest absolute Gasteiger partial charge is 0.243 e. The number of sulfonamides is 1. The second-order valence-electron chi connectivity index (χ2n) is 6.34. The van der Waals surface area contributed by atoms with Gasteiger partial charge in [-0.2, -0.15) is 4.31 Å². The zero-order chi connectivity index (χ0) is 18.7. The maximum atomic E-state index is 13.0. The van der Waals surface area contributed by atoms with E-state index in [0.717, 1.165) is 18.4 Å². The normalized spacial score (nSPS) is 18.5. The highest BCUT2D eigenvalue weighted by molar-refractivity contribution is 7.89. The van der Waals surface area contributed by atoms with Crippen LogP contribution in [-0.4, -0.2) is 31.2 Å². The Bertz CT molecular complexity index is 900. The first kappa shape index (κ1) is 18.9. The van der Waals surface area contributed by atoms with E-state index >= 15 is 0 Å². The number of benzene rings is 2. The third-order valence-electron chi connectivity index (χ3n) is 4.63. The molecule has 138 valence electrons. The largest absolute Gasteiger partial charge is 0.324 e. The van der Waals surface area contributed by atoms with Gasteiger partial charge in [0.15, 0.2) is 0 Å². The first-order chi connectivity index (χ1) is 12.4. The molecule has 1 amide bonds. The predicted molar refractivity (Wildman–Crippen MR) is 103 cm³/mol. The highest BCUT2D eigenvalue weighted by Crippen LogP contribution is 2.28. The van der Waals surface area contributed by atoms with Crippen molar-refractivity contribution >= 4 is 33.2 Å². The van der Waals surface area contributed by atoms with Crippen LogP contribution in [0.2, 0.25) is 5.02 Å². The van der Waals surface area contributed by atoms with Crippen molar-refractivity contribution in [3.63, 3.8) is 0 Å². The van der Waals surface area contributed by atoms with Crippen LogP contribution in [0.15, 0.2) is 53.4 Å². The Morgan fingerprint density at radius 3 is 2.58 bits per heavy atom. The number of anilines is 1. The summed E-state index contributed by atoms with van der Waals surface area (Å²) in [5.74, 6) is -0.324. The standard InChI is InChI=1S/C19H21ClN2O3S/c1-14-16(20)10-7-11-17(14)21-19(23)18-12-5-6-13-22(18)26(24,25)15-8-3-2-4-9-15/h2-4,7-11,18H,5-6,12-13H2,1H3,(H,21,23)/t18-/m0/s1. The molecule has 0 aromatic heterocycles. The molecule has 0 unspecified atom stereocenters. The number of carbonyl (C=O) groups excluding carboxylic acids is 1. The Morgan fingerprint density at radius 2 is 1.85 bits per heavy atom. The number of halogens is 1. The fraction of sp³-hybridized carbons (Fsp3) is 0.316. The molecule has 3 rings (SSSR count). The number of rotatable bonds is 4. The Morgan fingerprint density at radius 1 is 1.12 bits per heavy atom. The molecule has 0 bridgehead atoms. The molecule has 1 heterocycles. The van der Waals surface area contributed by atoms with Crippen molar-refractivity contribution in [1.29, 1.82) is 0 Å². The molecule has 0 radical (unpaired) electrons. The van der Waals surface area contributed by atoms with Gasteiger partial charge in [-0.25, -0.2) is 8.42 Å². The lowest BCUT2D eigenvalue weighted by atomic mass is 10.0. The molecule has 2 aromatic rings. The van der Waals surface area contributed by atoms with Crippen LogP contribution in [0, 0.1) is 6.92 Å². The lowest BCUT2D eigenvalue weighted by molar-refractivity contribution is -0.120. The second-order valence-corrected chi connectivity index (χ2v) is 8.64. The Hall–Kier alpha value is -1.89. The van der Waals surface area contributed by atoms with Gasteiger partial charge in [-0.15, -0.1) is 0 Å². The van der Waals surface area contributed by atoms with Gasteiger partial charge in [0.25, 0.3) is 0 Å². The van der Waals surface area contributed by atoms with Gasteiger partial charge in [0.2, 0.25) is 15.9 Å². The van der Waals surface area contributed by atoms with Crippen LogP contribution < -0.4 is 5.32 Å². The Labute approximate surface area is 159 Å². The average molecular weight is 393 g/mol. The third kappa shape index (κ3) is 3.77. The number of hydrogen-bond donors (Lipinski definition) is 1. The molecule has 1 aliphatic heterocycles. The van der Waals surface area contributed by atoms with Crippen molar-refractivity contribution in [3.05, 3.63) is 59.1 Å². The van der Waals surface area contributed by atoms with Gasteiger partial charge >= 0.3 is 0 Å². The molecule has 0 aliphatic carbocycles. The van der Waals surface area contributed by atoms with Crippen molar-refractivity contribution < 1.29 is 13.2 Å². The summed E-state index contributed by atoms with van der Waals surface area (Å²) in [4.78, 5) is 13.1. The van der Waals surface area contributed by atoms with Crippen molar-refractivity contribution in [1.82, 2.24) is 4.31 Å². The highest BCUT2D eigenvalue weighted by Gasteiger charge is 2.37. The lowest BCUT2D eigenvalue weighted by Gasteiger charge is -2.33. The van der Waals surface area contributed by atoms with E-state index in [9.17, 15) is 13.2 Å². The minimum Gasteiger partial charge on any atom is -0.324 e. The van der Waals surface area contributed by atoms with Crippen LogP contribution in [0.4, 0.5) is 5.69 Å². The number of nitrogens with zero attached hydrogens (tertiary/aromatic N) is 1. The van der Waals surface area contributed by atoms with Gasteiger partial charge in [-0.3, -0.25) is 4.79 Å². The van der Waals surface area contributed by atoms with Gasteiger partial charge in [0.1, 0.15) is 6.04 Å². The molecule has 0 spiro atoms. The summed E-state index contributed by atoms with van der Waals surface area (Å²) in [6, 6.07) is 12.8. The van der Waals surface area contributed by atoms with E-state index in [1.165, 1.54) is 4.31 Å². The quantitative estimate of drug-likeness (QED) is 0.859. The summed E-state index contributed by atoms with van der Waals surface area (Å²) in [6.07, 6.45) is 2.05. The Balaban J connectivity index is 1.87. The fourth-order valence-corrected chi connectivity index (χ4v) is 4.99. The second kappa shape index (κ2) is 7.78. The average Bonchev–Trinajstić information content (AvgIpc) is 2.66. The molecule has 5 nitrogen and oxygen atoms in total. The van der Waals surface area contributed by atoms with Crippen LogP contribution in [-0.2, 0) is 14.8 Å². The monoisotopic (exact) mass is 392 g/mol. The number of hydrogen-bond acceptors (Lipinski definition) is 3. The summed E-state index contributed by atoms with van der Waals surface area (Å²) in [7, 11) is -3.72. The first-order valence-electron chi connectivity index (χ1n) is 8.54. The molecule has 1 aliphatic rings. The molecule has 26 heavy (non-hydrogen) atoms. The van der Waals surface area contributed by atoms with Gasteiger partial charge in [0, 0.05) is 17.3 Å². The Kier molecular flexibility index (Phi) is 5.65. The maximum absolute atomic E-state index is 13.0. The van der Waals surface area contributed by atoms with Crippen LogP contribution >= 0.6 is 11.6 Å². The van der Waals surface area contributed by atoms with Crippen LogP contribution in [0.5, 0.6) is 0 Å². The van der Waals surface area contributed by atoms with E-state index in [1.54, 1.807) is 48.5 Å². The lowest BCUT2D eigenvalue weighted by Crippen LogP contribution is -2.49. The van der Waals surface area contributed by atoms with Crippen molar-refractivity contribution in [2.24, 2.45) is 0 Å². The molecule has 1 N–H and O–H groups in total. The summed E-state index contributed by atoms with van der Waals surface area (Å²) in [6.45, 7) is 2.15. The van der Waals surface area contributed by atoms with Gasteiger partial charge < -0.3 is 5.32 Å². The topological polar surface area (TPSA) is 66.5 Å². The highest BCUT2D eigenvalue weighted by atomic mass is 35.5. The van der Waals surface area contributed by atoms with Gasteiger partial charge in [-0.1, -0.05) is 42.3 Å². The van der Waals surface area contributed by atoms with Crippen LogP contribution in [0.1, 0.15) is 24.8 Å². The first-order valence-corrected chi connectivity index (χ1v) is 10.4. The SMILES string of the molecule is Cc1c(Cl)cccc1NC(=O)[C@@H]1CCCCN1S(=O)(=O)c1ccccc1. The van der Waals surface area contributed by atoms with E-state index in [0.29, 0.717) is 23.7 Å². The van der Waals surface area contributed by atoms with E-state index in [4.69, 9.17) is 11.6 Å². The predicted octanol–water partition coefficient (Wildman–Crippen LogP) is 3.83. The summed E-state index contributed by atoms with van der Waals surface area (Å²) in [5.41, 5.74) is 1.36. The minimum atomic E-state index is -3.72. The third-order valence-corrected chi connectivity index (χ3v) is 6.96. The van der Waals surface area contributed by atoms with Crippen molar-refractivity contribution in [2.75, 3.05) is 11.9 Å². The van der Waals surface area contributed by atoms with Crippen molar-refractivity contribution in [2.45, 2.75) is 37.1 Å². The van der Waals surface area contributed by atoms with Crippen LogP contribution in [0.3, 0.4) is 0 Å². The van der Waals surface area contributed by atoms with E-state index in [1.807, 2.05) is 6.92 Å². The molecular formula is C19H21ClN2O3S. The molecule has 7 heteroatoms. The number of amides is 1. The van der Waals surface area contributed by atoms with Crippen LogP contribution in [0.25, 0.3) is 0 Å². The fourth-order valence-electron chi connectivity index (χ4n) is 3.14. The van der Waals surface area contributed by atoms with Crippen molar-refractivity contribution in [3.8, 4) is 0 Å². The zero-order valence-corrected chi connectivity index (χ0v) is 16.1. The zero-order valence-electron chi connectivity index (χ0n) is 14.5. The summed E-state index contributed by atoms with van der Waals surface area (Å²) in [5, 5.41) is 3.40. The molecule has 0 saturated carbocycles. The number of carbonyl (C=O) groups is 1. The minimum absolute atomic E-state index is 0.207.